The number of ether oxygens (including phenoxy) is 1. The second-order valence-corrected chi connectivity index (χ2v) is 10.1. The monoisotopic (exact) mass is 462 g/mol. The number of fused-ring (bicyclic) bond motifs is 1. The van der Waals surface area contributed by atoms with Gasteiger partial charge in [0, 0.05) is 30.6 Å². The molecule has 2 heterocycles. The average molecular weight is 463 g/mol. The Morgan fingerprint density at radius 1 is 1.16 bits per heavy atom. The van der Waals surface area contributed by atoms with Crippen LogP contribution < -0.4 is 4.74 Å². The number of hydrogen-bond acceptors (Lipinski definition) is 4. The van der Waals surface area contributed by atoms with Crippen LogP contribution in [0.2, 0.25) is 0 Å². The molecule has 1 saturated heterocycles. The minimum absolute atomic E-state index is 0.0172. The van der Waals surface area contributed by atoms with Crippen LogP contribution in [0.25, 0.3) is 10.9 Å². The number of hydrogen-bond donors (Lipinski definition) is 0. The van der Waals surface area contributed by atoms with E-state index in [2.05, 4.69) is 0 Å². The summed E-state index contributed by atoms with van der Waals surface area (Å²) in [6.07, 6.45) is 2.76. The Morgan fingerprint density at radius 3 is 2.53 bits per heavy atom. The van der Waals surface area contributed by atoms with Gasteiger partial charge in [-0.15, -0.1) is 0 Å². The number of carbonyl (C=O) groups excluding carboxylic acids is 1. The molecule has 1 unspecified atom stereocenters. The predicted octanol–water partition coefficient (Wildman–Crippen LogP) is 4.08. The molecule has 2 aromatic carbocycles. The number of sulfonamides is 1. The first-order valence-corrected chi connectivity index (χ1v) is 11.8. The number of aldehydes is 1. The number of benzene rings is 2. The van der Waals surface area contributed by atoms with E-state index >= 15 is 0 Å². The molecule has 0 amide bonds. The van der Waals surface area contributed by atoms with Gasteiger partial charge in [-0.25, -0.2) is 17.2 Å². The summed E-state index contributed by atoms with van der Waals surface area (Å²) in [7, 11) is -3.72. The summed E-state index contributed by atoms with van der Waals surface area (Å²) >= 11 is 0. The van der Waals surface area contributed by atoms with E-state index in [0.29, 0.717) is 36.0 Å². The molecule has 32 heavy (non-hydrogen) atoms. The Kier molecular flexibility index (Phi) is 6.05. The van der Waals surface area contributed by atoms with Gasteiger partial charge in [0.1, 0.15) is 12.0 Å². The number of halogens is 2. The molecule has 1 aromatic heterocycles. The molecule has 3 aromatic rings. The van der Waals surface area contributed by atoms with Crippen molar-refractivity contribution in [2.45, 2.75) is 43.7 Å². The van der Waals surface area contributed by atoms with E-state index in [1.165, 1.54) is 27.1 Å². The van der Waals surface area contributed by atoms with Crippen LogP contribution in [0.15, 0.2) is 47.5 Å². The maximum atomic E-state index is 14.5. The first kappa shape index (κ1) is 22.4. The summed E-state index contributed by atoms with van der Waals surface area (Å²) in [4.78, 5) is 11.2. The molecule has 0 saturated carbocycles. The van der Waals surface area contributed by atoms with E-state index in [1.54, 1.807) is 18.3 Å². The molecular weight excluding hydrogens is 438 g/mol. The van der Waals surface area contributed by atoms with E-state index in [1.807, 2.05) is 13.8 Å². The van der Waals surface area contributed by atoms with Gasteiger partial charge in [0.25, 0.3) is 0 Å². The fourth-order valence-electron chi connectivity index (χ4n) is 4.22. The normalized spacial score (nSPS) is 17.3. The van der Waals surface area contributed by atoms with Gasteiger partial charge < -0.3 is 14.1 Å². The molecule has 6 nitrogen and oxygen atoms in total. The summed E-state index contributed by atoms with van der Waals surface area (Å²) in [6, 6.07) is 8.84. The Morgan fingerprint density at radius 2 is 1.88 bits per heavy atom. The standard InChI is InChI=1S/C23H24F2N2O4S/c1-15(2)31-17-3-5-18(6-4-17)32(29,30)27-10-9-16(13-27)20-14-26(11-12-28)23-19(20)7-8-21(24)22(23)25/h3-8,12,14-16H,9-11,13H2,1-2H3. The Hall–Kier alpha value is -2.78. The lowest BCUT2D eigenvalue weighted by molar-refractivity contribution is -0.108. The summed E-state index contributed by atoms with van der Waals surface area (Å²) in [5.74, 6) is -1.61. The number of aromatic nitrogens is 1. The first-order chi connectivity index (χ1) is 15.2. The zero-order valence-corrected chi connectivity index (χ0v) is 18.6. The molecule has 0 N–H and O–H groups in total. The van der Waals surface area contributed by atoms with E-state index in [4.69, 9.17) is 4.74 Å². The largest absolute Gasteiger partial charge is 0.491 e. The van der Waals surface area contributed by atoms with Crippen molar-refractivity contribution in [1.29, 1.82) is 0 Å². The van der Waals surface area contributed by atoms with Crippen molar-refractivity contribution in [2.24, 2.45) is 0 Å². The predicted molar refractivity (Wildman–Crippen MR) is 116 cm³/mol. The lowest BCUT2D eigenvalue weighted by atomic mass is 9.98. The quantitative estimate of drug-likeness (QED) is 0.496. The number of rotatable bonds is 7. The van der Waals surface area contributed by atoms with Crippen LogP contribution in [0.5, 0.6) is 5.75 Å². The van der Waals surface area contributed by atoms with Crippen molar-refractivity contribution in [2.75, 3.05) is 13.1 Å². The van der Waals surface area contributed by atoms with Crippen molar-refractivity contribution in [3.63, 3.8) is 0 Å². The molecular formula is C23H24F2N2O4S. The summed E-state index contributed by atoms with van der Waals surface area (Å²) in [5, 5.41) is 0.491. The molecule has 4 rings (SSSR count). The van der Waals surface area contributed by atoms with Crippen LogP contribution in [0.4, 0.5) is 8.78 Å². The molecule has 0 radical (unpaired) electrons. The van der Waals surface area contributed by atoms with Crippen molar-refractivity contribution in [1.82, 2.24) is 8.87 Å². The molecule has 0 spiro atoms. The van der Waals surface area contributed by atoms with Crippen molar-refractivity contribution in [3.05, 3.63) is 59.8 Å². The minimum Gasteiger partial charge on any atom is -0.491 e. The Labute approximate surface area is 185 Å². The lowest BCUT2D eigenvalue weighted by Crippen LogP contribution is -2.28. The zero-order valence-electron chi connectivity index (χ0n) is 17.8. The first-order valence-electron chi connectivity index (χ1n) is 10.4. The highest BCUT2D eigenvalue weighted by molar-refractivity contribution is 7.89. The highest BCUT2D eigenvalue weighted by atomic mass is 32.2. The highest BCUT2D eigenvalue weighted by Crippen LogP contribution is 2.37. The van der Waals surface area contributed by atoms with Gasteiger partial charge in [-0.2, -0.15) is 4.31 Å². The molecule has 9 heteroatoms. The van der Waals surface area contributed by atoms with Gasteiger partial charge in [-0.05, 0) is 62.2 Å². The molecule has 0 aliphatic carbocycles. The smallest absolute Gasteiger partial charge is 0.243 e. The fourth-order valence-corrected chi connectivity index (χ4v) is 5.72. The minimum atomic E-state index is -3.72. The molecule has 1 aliphatic rings. The van der Waals surface area contributed by atoms with Gasteiger partial charge in [0.05, 0.1) is 23.1 Å². The highest BCUT2D eigenvalue weighted by Gasteiger charge is 2.35. The second kappa shape index (κ2) is 8.63. The van der Waals surface area contributed by atoms with Gasteiger partial charge in [0.15, 0.2) is 11.6 Å². The van der Waals surface area contributed by atoms with Crippen LogP contribution in [-0.2, 0) is 21.4 Å². The number of carbonyl (C=O) groups is 1. The van der Waals surface area contributed by atoms with E-state index < -0.39 is 21.7 Å². The Balaban J connectivity index is 1.61. The maximum Gasteiger partial charge on any atom is 0.243 e. The van der Waals surface area contributed by atoms with Crippen LogP contribution >= 0.6 is 0 Å². The number of nitrogens with zero attached hydrogens (tertiary/aromatic N) is 2. The second-order valence-electron chi connectivity index (χ2n) is 8.15. The molecule has 1 aliphatic heterocycles. The van der Waals surface area contributed by atoms with Crippen molar-refractivity contribution in [3.8, 4) is 5.75 Å². The molecule has 170 valence electrons. The summed E-state index contributed by atoms with van der Waals surface area (Å²) < 4.78 is 62.9. The van der Waals surface area contributed by atoms with Crippen LogP contribution in [0.3, 0.4) is 0 Å². The fraction of sp³-hybridized carbons (Fsp3) is 0.348. The van der Waals surface area contributed by atoms with Gasteiger partial charge in [0.2, 0.25) is 10.0 Å². The van der Waals surface area contributed by atoms with Crippen LogP contribution in [0.1, 0.15) is 31.7 Å². The van der Waals surface area contributed by atoms with Gasteiger partial charge in [-0.1, -0.05) is 0 Å². The third-order valence-electron chi connectivity index (χ3n) is 5.66. The van der Waals surface area contributed by atoms with Crippen molar-refractivity contribution >= 4 is 27.2 Å². The van der Waals surface area contributed by atoms with Crippen LogP contribution in [-0.4, -0.2) is 42.8 Å². The van der Waals surface area contributed by atoms with Gasteiger partial charge in [-0.3, -0.25) is 0 Å². The Bertz CT molecular complexity index is 1250. The lowest BCUT2D eigenvalue weighted by Gasteiger charge is -2.17. The molecule has 1 fully saturated rings. The van der Waals surface area contributed by atoms with E-state index in [9.17, 15) is 22.0 Å². The average Bonchev–Trinajstić information content (AvgIpc) is 3.37. The zero-order chi connectivity index (χ0) is 23.0. The van der Waals surface area contributed by atoms with E-state index in [0.717, 1.165) is 6.07 Å². The maximum absolute atomic E-state index is 14.5. The van der Waals surface area contributed by atoms with Crippen LogP contribution in [0, 0.1) is 11.6 Å². The topological polar surface area (TPSA) is 68.6 Å². The third kappa shape index (κ3) is 4.02. The summed E-state index contributed by atoms with van der Waals surface area (Å²) in [6.45, 7) is 4.19. The van der Waals surface area contributed by atoms with Crippen molar-refractivity contribution < 1.29 is 26.7 Å². The third-order valence-corrected chi connectivity index (χ3v) is 7.54. The molecule has 0 bridgehead atoms. The summed E-state index contributed by atoms with van der Waals surface area (Å²) in [5.41, 5.74) is 0.730. The SMILES string of the molecule is CC(C)Oc1ccc(S(=O)(=O)N2CCC(c3cn(CC=O)c4c(F)c(F)ccc34)C2)cc1. The van der Waals surface area contributed by atoms with E-state index in [-0.39, 0.29) is 35.5 Å². The van der Waals surface area contributed by atoms with Gasteiger partial charge >= 0.3 is 0 Å². The molecule has 1 atom stereocenters.